The van der Waals surface area contributed by atoms with E-state index < -0.39 is 36.2 Å². The fourth-order valence-electron chi connectivity index (χ4n) is 4.27. The van der Waals surface area contributed by atoms with Crippen molar-refractivity contribution < 1.29 is 23.9 Å². The Morgan fingerprint density at radius 1 is 1.16 bits per heavy atom. The number of rotatable bonds is 4. The van der Waals surface area contributed by atoms with Gasteiger partial charge in [0.2, 0.25) is 5.96 Å². The van der Waals surface area contributed by atoms with E-state index in [1.807, 2.05) is 47.9 Å². The molecule has 164 valence electrons. The molecule has 0 aliphatic carbocycles. The SMILES string of the molecule is COC(=O)C(C)N1C(=O)C2C(N=C3N(c4cccc(OC)c4)C(C)=C(C)N32)N(C)C1=O. The topological polar surface area (TPSA) is 95.0 Å². The number of allylic oxidation sites excluding steroid dienone is 2. The molecule has 0 aromatic heterocycles. The van der Waals surface area contributed by atoms with E-state index >= 15 is 0 Å². The zero-order chi connectivity index (χ0) is 22.6. The predicted molar refractivity (Wildman–Crippen MR) is 112 cm³/mol. The highest BCUT2D eigenvalue weighted by molar-refractivity contribution is 6.11. The molecule has 31 heavy (non-hydrogen) atoms. The number of guanidine groups is 1. The minimum atomic E-state index is -1.04. The van der Waals surface area contributed by atoms with Crippen LogP contribution in [-0.2, 0) is 14.3 Å². The van der Waals surface area contributed by atoms with Crippen LogP contribution in [0.1, 0.15) is 20.8 Å². The number of urea groups is 1. The van der Waals surface area contributed by atoms with E-state index in [4.69, 9.17) is 14.5 Å². The van der Waals surface area contributed by atoms with E-state index in [9.17, 15) is 14.4 Å². The Morgan fingerprint density at radius 3 is 2.52 bits per heavy atom. The third-order valence-corrected chi connectivity index (χ3v) is 6.08. The van der Waals surface area contributed by atoms with Crippen LogP contribution in [-0.4, -0.2) is 78.1 Å². The fraction of sp³-hybridized carbons (Fsp3) is 0.429. The first-order valence-corrected chi connectivity index (χ1v) is 9.89. The highest BCUT2D eigenvalue weighted by atomic mass is 16.5. The van der Waals surface area contributed by atoms with Gasteiger partial charge in [0.1, 0.15) is 11.8 Å². The molecule has 0 spiro atoms. The zero-order valence-electron chi connectivity index (χ0n) is 18.3. The molecule has 3 heterocycles. The molecule has 1 fully saturated rings. The van der Waals surface area contributed by atoms with Crippen molar-refractivity contribution in [3.8, 4) is 5.75 Å². The summed E-state index contributed by atoms with van der Waals surface area (Å²) in [4.78, 5) is 49.4. The Kier molecular flexibility index (Phi) is 4.87. The zero-order valence-corrected chi connectivity index (χ0v) is 18.3. The summed E-state index contributed by atoms with van der Waals surface area (Å²) in [6.45, 7) is 5.33. The molecule has 3 unspecified atom stereocenters. The number of esters is 1. The standard InChI is InChI=1S/C21H25N5O5/c1-11-12(2)25-16-17(22-20(25)24(11)14-8-7-9-15(10-14)30-5)23(4)21(29)26(18(16)27)13(3)19(28)31-6/h7-10,13,16-17H,1-6H3. The van der Waals surface area contributed by atoms with E-state index in [2.05, 4.69) is 0 Å². The Hall–Kier alpha value is -3.56. The quantitative estimate of drug-likeness (QED) is 0.674. The number of anilines is 1. The van der Waals surface area contributed by atoms with Crippen molar-refractivity contribution >= 4 is 29.6 Å². The summed E-state index contributed by atoms with van der Waals surface area (Å²) in [6, 6.07) is 5.14. The molecule has 0 saturated carbocycles. The lowest BCUT2D eigenvalue weighted by Gasteiger charge is -2.42. The Morgan fingerprint density at radius 2 is 1.87 bits per heavy atom. The number of hydrogen-bond acceptors (Lipinski definition) is 8. The smallest absolute Gasteiger partial charge is 0.329 e. The van der Waals surface area contributed by atoms with E-state index in [0.717, 1.165) is 22.0 Å². The van der Waals surface area contributed by atoms with Gasteiger partial charge in [-0.15, -0.1) is 0 Å². The summed E-state index contributed by atoms with van der Waals surface area (Å²) in [5.41, 5.74) is 2.58. The van der Waals surface area contributed by atoms with Gasteiger partial charge < -0.3 is 14.4 Å². The lowest BCUT2D eigenvalue weighted by atomic mass is 10.1. The molecule has 0 N–H and O–H groups in total. The Bertz CT molecular complexity index is 1030. The first-order chi connectivity index (χ1) is 14.7. The van der Waals surface area contributed by atoms with Crippen LogP contribution >= 0.6 is 0 Å². The summed E-state index contributed by atoms with van der Waals surface area (Å²) < 4.78 is 10.1. The first-order valence-electron chi connectivity index (χ1n) is 9.89. The molecule has 10 heteroatoms. The molecule has 3 atom stereocenters. The molecule has 1 saturated heterocycles. The van der Waals surface area contributed by atoms with Crippen LogP contribution in [0.4, 0.5) is 10.5 Å². The third-order valence-electron chi connectivity index (χ3n) is 6.08. The number of methoxy groups -OCH3 is 2. The van der Waals surface area contributed by atoms with Crippen LogP contribution < -0.4 is 9.64 Å². The number of ether oxygens (including phenoxy) is 2. The lowest BCUT2D eigenvalue weighted by molar-refractivity contribution is -0.153. The maximum absolute atomic E-state index is 13.5. The number of imide groups is 1. The number of aliphatic imine (C=N–C) groups is 1. The van der Waals surface area contributed by atoms with Crippen molar-refractivity contribution in [3.63, 3.8) is 0 Å². The van der Waals surface area contributed by atoms with Gasteiger partial charge in [0.05, 0.1) is 19.9 Å². The summed E-state index contributed by atoms with van der Waals surface area (Å²) >= 11 is 0. The number of nitrogens with zero attached hydrogens (tertiary/aromatic N) is 5. The van der Waals surface area contributed by atoms with Crippen molar-refractivity contribution in [2.24, 2.45) is 4.99 Å². The normalized spacial score (nSPS) is 23.7. The van der Waals surface area contributed by atoms with E-state index in [1.165, 1.54) is 18.9 Å². The lowest BCUT2D eigenvalue weighted by Crippen LogP contribution is -2.67. The highest BCUT2D eigenvalue weighted by Crippen LogP contribution is 2.40. The van der Waals surface area contributed by atoms with Crippen molar-refractivity contribution in [1.82, 2.24) is 14.7 Å². The Balaban J connectivity index is 1.76. The van der Waals surface area contributed by atoms with E-state index in [0.29, 0.717) is 11.7 Å². The second-order valence-electron chi connectivity index (χ2n) is 7.67. The van der Waals surface area contributed by atoms with Crippen LogP contribution in [0.2, 0.25) is 0 Å². The number of hydrogen-bond donors (Lipinski definition) is 0. The average molecular weight is 427 g/mol. The van der Waals surface area contributed by atoms with Gasteiger partial charge in [-0.1, -0.05) is 6.07 Å². The van der Waals surface area contributed by atoms with Gasteiger partial charge in [0.15, 0.2) is 12.2 Å². The first kappa shape index (κ1) is 20.7. The van der Waals surface area contributed by atoms with Gasteiger partial charge in [0, 0.05) is 24.5 Å². The summed E-state index contributed by atoms with van der Waals surface area (Å²) in [5.74, 6) is 0.109. The molecule has 10 nitrogen and oxygen atoms in total. The summed E-state index contributed by atoms with van der Waals surface area (Å²) in [7, 11) is 4.41. The van der Waals surface area contributed by atoms with Crippen molar-refractivity contribution in [3.05, 3.63) is 35.7 Å². The number of benzene rings is 1. The molecular formula is C21H25N5O5. The van der Waals surface area contributed by atoms with E-state index in [1.54, 1.807) is 14.2 Å². The van der Waals surface area contributed by atoms with E-state index in [-0.39, 0.29) is 0 Å². The van der Waals surface area contributed by atoms with Gasteiger partial charge in [-0.2, -0.15) is 0 Å². The predicted octanol–water partition coefficient (Wildman–Crippen LogP) is 1.59. The minimum absolute atomic E-state index is 0.482. The number of likely N-dealkylation sites (N-methyl/N-ethyl adjacent to an activating group) is 1. The molecular weight excluding hydrogens is 402 g/mol. The number of carbonyl (C=O) groups is 3. The van der Waals surface area contributed by atoms with Gasteiger partial charge in [-0.05, 0) is 32.9 Å². The monoisotopic (exact) mass is 427 g/mol. The second-order valence-corrected chi connectivity index (χ2v) is 7.67. The van der Waals surface area contributed by atoms with Gasteiger partial charge in [-0.25, -0.2) is 19.5 Å². The van der Waals surface area contributed by atoms with Crippen LogP contribution in [0.25, 0.3) is 0 Å². The number of carbonyl (C=O) groups excluding carboxylic acids is 3. The van der Waals surface area contributed by atoms with Crippen LogP contribution in [0.5, 0.6) is 5.75 Å². The molecule has 3 aliphatic rings. The summed E-state index contributed by atoms with van der Waals surface area (Å²) in [6.07, 6.45) is -0.702. The van der Waals surface area contributed by atoms with Crippen molar-refractivity contribution in [2.45, 2.75) is 39.0 Å². The van der Waals surface area contributed by atoms with Gasteiger partial charge >= 0.3 is 12.0 Å². The number of amides is 3. The molecule has 1 aromatic rings. The van der Waals surface area contributed by atoms with Crippen LogP contribution in [0.3, 0.4) is 0 Å². The van der Waals surface area contributed by atoms with Crippen LogP contribution in [0, 0.1) is 0 Å². The maximum Gasteiger partial charge on any atom is 0.329 e. The fourth-order valence-corrected chi connectivity index (χ4v) is 4.27. The summed E-state index contributed by atoms with van der Waals surface area (Å²) in [5, 5.41) is 0. The van der Waals surface area contributed by atoms with Gasteiger partial charge in [-0.3, -0.25) is 14.6 Å². The molecule has 3 aliphatic heterocycles. The number of fused-ring (bicyclic) bond motifs is 3. The highest BCUT2D eigenvalue weighted by Gasteiger charge is 2.57. The second kappa shape index (κ2) is 7.29. The van der Waals surface area contributed by atoms with Crippen LogP contribution in [0.15, 0.2) is 40.7 Å². The molecule has 3 amide bonds. The largest absolute Gasteiger partial charge is 0.497 e. The Labute approximate surface area is 180 Å². The molecule has 0 bridgehead atoms. The average Bonchev–Trinajstić information content (AvgIpc) is 3.27. The molecule has 4 rings (SSSR count). The third kappa shape index (κ3) is 2.85. The molecule has 1 aromatic carbocycles. The molecule has 0 radical (unpaired) electrons. The minimum Gasteiger partial charge on any atom is -0.497 e. The maximum atomic E-state index is 13.5. The van der Waals surface area contributed by atoms with Crippen molar-refractivity contribution in [1.29, 1.82) is 0 Å². The van der Waals surface area contributed by atoms with Crippen molar-refractivity contribution in [2.75, 3.05) is 26.2 Å². The van der Waals surface area contributed by atoms with Gasteiger partial charge in [0.25, 0.3) is 5.91 Å².